The molecule has 0 aliphatic carbocycles. The van der Waals surface area contributed by atoms with Crippen LogP contribution in [0.1, 0.15) is 25.8 Å². The van der Waals surface area contributed by atoms with Crippen molar-refractivity contribution in [3.63, 3.8) is 0 Å². The van der Waals surface area contributed by atoms with Gasteiger partial charge >= 0.3 is 10.3 Å². The van der Waals surface area contributed by atoms with E-state index >= 15 is 0 Å². The van der Waals surface area contributed by atoms with Crippen molar-refractivity contribution in [1.82, 2.24) is 14.9 Å². The highest BCUT2D eigenvalue weighted by molar-refractivity contribution is 7.84. The maximum Gasteiger partial charge on any atom is 0.380 e. The van der Waals surface area contributed by atoms with Gasteiger partial charge in [0.2, 0.25) is 0 Å². The third-order valence-electron chi connectivity index (χ3n) is 4.44. The maximum atomic E-state index is 14.7. The number of hydrogen-bond donors (Lipinski definition) is 1. The smallest absolute Gasteiger partial charge is 0.371 e. The van der Waals surface area contributed by atoms with Crippen LogP contribution >= 0.6 is 0 Å². The van der Waals surface area contributed by atoms with Crippen LogP contribution in [0.2, 0.25) is 0 Å². The van der Waals surface area contributed by atoms with Crippen molar-refractivity contribution in [2.75, 3.05) is 11.6 Å². The number of halogens is 1. The summed E-state index contributed by atoms with van der Waals surface area (Å²) in [4.78, 5) is 0. The van der Waals surface area contributed by atoms with Gasteiger partial charge in [-0.3, -0.25) is 0 Å². The number of nitriles is 1. The molecule has 0 spiro atoms. The molecule has 2 rings (SSSR count). The van der Waals surface area contributed by atoms with Gasteiger partial charge in [0.1, 0.15) is 24.2 Å². The number of hydrogen-bond acceptors (Lipinski definition) is 7. The Hall–Kier alpha value is -3.75. The second-order valence-corrected chi connectivity index (χ2v) is 8.01. The minimum absolute atomic E-state index is 0.0902. The van der Waals surface area contributed by atoms with Gasteiger partial charge in [0, 0.05) is 11.6 Å². The fourth-order valence-electron chi connectivity index (χ4n) is 2.99. The number of nitrogens with zero attached hydrogens (tertiary/aromatic N) is 5. The van der Waals surface area contributed by atoms with Crippen molar-refractivity contribution < 1.29 is 17.0 Å². The molecule has 0 unspecified atom stereocenters. The van der Waals surface area contributed by atoms with Gasteiger partial charge < -0.3 is 9.19 Å². The fraction of sp³-hybridized carbons (Fsp3) is 0.227. The summed E-state index contributed by atoms with van der Waals surface area (Å²) < 4.78 is 42.9. The monoisotopic (exact) mass is 472 g/mol. The lowest BCUT2D eigenvalue weighted by Crippen LogP contribution is -2.33. The third kappa shape index (κ3) is 7.71. The van der Waals surface area contributed by atoms with Crippen molar-refractivity contribution in [2.24, 2.45) is 5.14 Å². The number of rotatable bonds is 11. The molecule has 11 heteroatoms. The van der Waals surface area contributed by atoms with Crippen molar-refractivity contribution >= 4 is 10.3 Å². The quantitative estimate of drug-likeness (QED) is 0.393. The average Bonchev–Trinajstić information content (AvgIpc) is 3.27. The predicted octanol–water partition coefficient (Wildman–Crippen LogP) is 3.06. The molecule has 0 saturated heterocycles. The van der Waals surface area contributed by atoms with Crippen LogP contribution in [0.4, 0.5) is 4.39 Å². The lowest BCUT2D eigenvalue weighted by atomic mass is 9.98. The van der Waals surface area contributed by atoms with Gasteiger partial charge in [-0.2, -0.15) is 18.8 Å². The first-order valence-electron chi connectivity index (χ1n) is 9.89. The first-order chi connectivity index (χ1) is 15.7. The molecule has 0 amide bonds. The SMILES string of the molecule is C=C/C=C(C)/C(=C/CN(Cc1ccc(OS(N)(=O)=O)cc1F)n1cnnc1)C(/C#N)=C\CC. The third-order valence-corrected chi connectivity index (χ3v) is 4.87. The standard InChI is InChI=1S/C22H25FN6O3S/c1-4-6-17(3)21(18(13-24)7-5-2)10-11-28(29-15-26-27-16-29)14-19-8-9-20(12-22(19)23)32-33(25,30)31/h4,6-10,12,15-16H,1,5,11,14H2,2-3H3,(H2,25,30,31)/b17-6+,18-7-,21-10-. The van der Waals surface area contributed by atoms with Gasteiger partial charge in [-0.05, 0) is 30.6 Å². The molecule has 0 saturated carbocycles. The summed E-state index contributed by atoms with van der Waals surface area (Å²) in [5.41, 5.74) is 2.37. The van der Waals surface area contributed by atoms with Crippen molar-refractivity contribution in [3.8, 4) is 11.8 Å². The van der Waals surface area contributed by atoms with Crippen LogP contribution in [-0.4, -0.2) is 29.8 Å². The summed E-state index contributed by atoms with van der Waals surface area (Å²) in [6.45, 7) is 7.90. The van der Waals surface area contributed by atoms with E-state index in [0.717, 1.165) is 17.2 Å². The summed E-state index contributed by atoms with van der Waals surface area (Å²) in [6.07, 6.45) is 10.7. The molecule has 0 aliphatic heterocycles. The number of allylic oxidation sites excluding steroid dienone is 6. The minimum Gasteiger partial charge on any atom is -0.371 e. The first-order valence-corrected chi connectivity index (χ1v) is 11.4. The average molecular weight is 473 g/mol. The zero-order valence-corrected chi connectivity index (χ0v) is 19.2. The zero-order valence-electron chi connectivity index (χ0n) is 18.3. The Bertz CT molecular complexity index is 1210. The highest BCUT2D eigenvalue weighted by atomic mass is 32.2. The van der Waals surface area contributed by atoms with Crippen molar-refractivity contribution in [3.05, 3.63) is 89.8 Å². The number of nitrogens with two attached hydrogens (primary N) is 1. The lowest BCUT2D eigenvalue weighted by Gasteiger charge is -2.24. The molecule has 2 N–H and O–H groups in total. The molecule has 1 heterocycles. The van der Waals surface area contributed by atoms with E-state index in [-0.39, 0.29) is 24.4 Å². The second-order valence-electron chi connectivity index (χ2n) is 6.86. The van der Waals surface area contributed by atoms with Gasteiger partial charge in [0.15, 0.2) is 0 Å². The largest absolute Gasteiger partial charge is 0.380 e. The summed E-state index contributed by atoms with van der Waals surface area (Å²) in [6, 6.07) is 5.87. The molecule has 9 nitrogen and oxygen atoms in total. The molecule has 174 valence electrons. The molecule has 0 aliphatic rings. The summed E-state index contributed by atoms with van der Waals surface area (Å²) >= 11 is 0. The van der Waals surface area contributed by atoms with E-state index in [2.05, 4.69) is 27.0 Å². The van der Waals surface area contributed by atoms with E-state index in [1.165, 1.54) is 24.8 Å². The van der Waals surface area contributed by atoms with E-state index in [1.807, 2.05) is 26.0 Å². The summed E-state index contributed by atoms with van der Waals surface area (Å²) in [5.74, 6) is -0.907. The zero-order chi connectivity index (χ0) is 24.4. The highest BCUT2D eigenvalue weighted by Gasteiger charge is 2.14. The summed E-state index contributed by atoms with van der Waals surface area (Å²) in [7, 11) is -4.26. The van der Waals surface area contributed by atoms with Gasteiger partial charge in [-0.15, -0.1) is 10.2 Å². The predicted molar refractivity (Wildman–Crippen MR) is 123 cm³/mol. The number of aromatic nitrogens is 3. The van der Waals surface area contributed by atoms with Crippen LogP contribution in [0.3, 0.4) is 0 Å². The van der Waals surface area contributed by atoms with Gasteiger partial charge in [-0.25, -0.2) is 9.07 Å². The molecular formula is C22H25FN6O3S. The van der Waals surface area contributed by atoms with Gasteiger partial charge in [-0.1, -0.05) is 43.9 Å². The topological polar surface area (TPSA) is 127 Å². The van der Waals surface area contributed by atoms with E-state index in [1.54, 1.807) is 21.8 Å². The Morgan fingerprint density at radius 3 is 2.61 bits per heavy atom. The molecule has 0 bridgehead atoms. The lowest BCUT2D eigenvalue weighted by molar-refractivity contribution is 0.483. The minimum atomic E-state index is -4.26. The maximum absolute atomic E-state index is 14.7. The molecule has 1 aromatic carbocycles. The van der Waals surface area contributed by atoms with E-state index in [4.69, 9.17) is 5.14 Å². The number of benzene rings is 1. The fourth-order valence-corrected chi connectivity index (χ4v) is 3.36. The van der Waals surface area contributed by atoms with Gasteiger partial charge in [0.05, 0.1) is 24.7 Å². The van der Waals surface area contributed by atoms with Crippen LogP contribution in [0.25, 0.3) is 0 Å². The Balaban J connectivity index is 2.40. The van der Waals surface area contributed by atoms with Crippen LogP contribution in [0, 0.1) is 17.1 Å². The van der Waals surface area contributed by atoms with Crippen LogP contribution < -0.4 is 14.3 Å². The molecule has 2 aromatic rings. The highest BCUT2D eigenvalue weighted by Crippen LogP contribution is 2.21. The summed E-state index contributed by atoms with van der Waals surface area (Å²) in [5, 5.41) is 23.8. The Morgan fingerprint density at radius 2 is 2.06 bits per heavy atom. The van der Waals surface area contributed by atoms with E-state index in [0.29, 0.717) is 12.0 Å². The van der Waals surface area contributed by atoms with Gasteiger partial charge in [0.25, 0.3) is 0 Å². The molecule has 33 heavy (non-hydrogen) atoms. The van der Waals surface area contributed by atoms with E-state index < -0.39 is 16.1 Å². The molecule has 0 radical (unpaired) electrons. The van der Waals surface area contributed by atoms with E-state index in [9.17, 15) is 18.1 Å². The Kier molecular flexibility index (Phi) is 9.08. The normalized spacial score (nSPS) is 12.9. The van der Waals surface area contributed by atoms with Crippen LogP contribution in [-0.2, 0) is 16.8 Å². The Labute approximate surface area is 192 Å². The molecular weight excluding hydrogens is 447 g/mol. The molecule has 0 fully saturated rings. The van der Waals surface area contributed by atoms with Crippen molar-refractivity contribution in [1.29, 1.82) is 5.26 Å². The van der Waals surface area contributed by atoms with Crippen LogP contribution in [0.5, 0.6) is 5.75 Å². The Morgan fingerprint density at radius 1 is 1.36 bits per heavy atom. The second kappa shape index (κ2) is 11.8. The van der Waals surface area contributed by atoms with Crippen LogP contribution in [0.15, 0.2) is 78.5 Å². The van der Waals surface area contributed by atoms with Crippen molar-refractivity contribution in [2.45, 2.75) is 26.8 Å². The first kappa shape index (κ1) is 25.5. The molecule has 0 atom stereocenters. The molecule has 1 aromatic heterocycles.